The van der Waals surface area contributed by atoms with E-state index in [1.54, 1.807) is 7.11 Å². The standard InChI is InChI=1S/C15H25ClN2O/c1-13(11-17-9-4-10-19-3)18(2)12-14-5-7-15(16)8-6-14/h5-8,13,17H,4,9-12H2,1-3H3. The summed E-state index contributed by atoms with van der Waals surface area (Å²) in [6.07, 6.45) is 1.06. The minimum atomic E-state index is 0.498. The van der Waals surface area contributed by atoms with Gasteiger partial charge in [0.15, 0.2) is 0 Å². The van der Waals surface area contributed by atoms with Crippen LogP contribution >= 0.6 is 11.6 Å². The van der Waals surface area contributed by atoms with E-state index in [1.807, 2.05) is 12.1 Å². The Morgan fingerprint density at radius 2 is 2.00 bits per heavy atom. The molecular weight excluding hydrogens is 260 g/mol. The van der Waals surface area contributed by atoms with Crippen LogP contribution in [0.4, 0.5) is 0 Å². The van der Waals surface area contributed by atoms with Crippen LogP contribution in [0, 0.1) is 0 Å². The first kappa shape index (κ1) is 16.4. The maximum Gasteiger partial charge on any atom is 0.0474 e. The molecule has 0 amide bonds. The van der Waals surface area contributed by atoms with E-state index < -0.39 is 0 Å². The summed E-state index contributed by atoms with van der Waals surface area (Å²) < 4.78 is 5.02. The molecule has 0 aliphatic rings. The molecule has 1 unspecified atom stereocenters. The van der Waals surface area contributed by atoms with Crippen LogP contribution in [-0.4, -0.2) is 44.8 Å². The first-order valence-electron chi connectivity index (χ1n) is 6.78. The van der Waals surface area contributed by atoms with Crippen molar-refractivity contribution in [2.24, 2.45) is 0 Å². The molecule has 1 atom stereocenters. The Hall–Kier alpha value is -0.610. The highest BCUT2D eigenvalue weighted by Crippen LogP contribution is 2.11. The van der Waals surface area contributed by atoms with Crippen LogP contribution in [0.1, 0.15) is 18.9 Å². The van der Waals surface area contributed by atoms with Crippen molar-refractivity contribution in [3.8, 4) is 0 Å². The second kappa shape index (κ2) is 9.32. The van der Waals surface area contributed by atoms with E-state index in [4.69, 9.17) is 16.3 Å². The van der Waals surface area contributed by atoms with Crippen molar-refractivity contribution in [2.45, 2.75) is 25.9 Å². The smallest absolute Gasteiger partial charge is 0.0474 e. The van der Waals surface area contributed by atoms with Gasteiger partial charge in [-0.2, -0.15) is 0 Å². The van der Waals surface area contributed by atoms with E-state index in [0.717, 1.165) is 37.7 Å². The highest BCUT2D eigenvalue weighted by Gasteiger charge is 2.08. The lowest BCUT2D eigenvalue weighted by Crippen LogP contribution is -2.37. The maximum atomic E-state index is 5.89. The molecule has 1 rings (SSSR count). The summed E-state index contributed by atoms with van der Waals surface area (Å²) in [6, 6.07) is 8.55. The van der Waals surface area contributed by atoms with Gasteiger partial charge in [-0.3, -0.25) is 4.90 Å². The number of halogens is 1. The molecule has 0 aliphatic heterocycles. The van der Waals surface area contributed by atoms with Crippen LogP contribution in [0.5, 0.6) is 0 Å². The van der Waals surface area contributed by atoms with Gasteiger partial charge in [-0.15, -0.1) is 0 Å². The van der Waals surface area contributed by atoms with E-state index in [1.165, 1.54) is 5.56 Å². The van der Waals surface area contributed by atoms with E-state index in [-0.39, 0.29) is 0 Å². The quantitative estimate of drug-likeness (QED) is 0.706. The Balaban J connectivity index is 2.24. The Labute approximate surface area is 121 Å². The van der Waals surface area contributed by atoms with Gasteiger partial charge in [-0.25, -0.2) is 0 Å². The number of nitrogens with zero attached hydrogens (tertiary/aromatic N) is 1. The van der Waals surface area contributed by atoms with Crippen LogP contribution < -0.4 is 5.32 Å². The van der Waals surface area contributed by atoms with Gasteiger partial charge in [0.1, 0.15) is 0 Å². The molecule has 1 aromatic carbocycles. The normalized spacial score (nSPS) is 12.9. The zero-order valence-corrected chi connectivity index (χ0v) is 12.9. The molecule has 0 saturated carbocycles. The summed E-state index contributed by atoms with van der Waals surface area (Å²) in [5.41, 5.74) is 1.29. The molecule has 0 spiro atoms. The molecule has 0 aromatic heterocycles. The van der Waals surface area contributed by atoms with E-state index in [9.17, 15) is 0 Å². The van der Waals surface area contributed by atoms with Crippen molar-refractivity contribution in [1.29, 1.82) is 0 Å². The topological polar surface area (TPSA) is 24.5 Å². The minimum Gasteiger partial charge on any atom is -0.385 e. The number of nitrogens with one attached hydrogen (secondary N) is 1. The first-order chi connectivity index (χ1) is 9.13. The number of likely N-dealkylation sites (N-methyl/N-ethyl adjacent to an activating group) is 1. The lowest BCUT2D eigenvalue weighted by molar-refractivity contribution is 0.191. The Morgan fingerprint density at radius 3 is 2.63 bits per heavy atom. The molecule has 19 heavy (non-hydrogen) atoms. The highest BCUT2D eigenvalue weighted by molar-refractivity contribution is 6.30. The molecule has 0 aliphatic carbocycles. The molecule has 1 N–H and O–H groups in total. The molecule has 4 heteroatoms. The fourth-order valence-electron chi connectivity index (χ4n) is 1.84. The first-order valence-corrected chi connectivity index (χ1v) is 7.15. The largest absolute Gasteiger partial charge is 0.385 e. The van der Waals surface area contributed by atoms with Crippen molar-refractivity contribution >= 4 is 11.6 Å². The van der Waals surface area contributed by atoms with Crippen LogP contribution in [0.25, 0.3) is 0 Å². The van der Waals surface area contributed by atoms with Gasteiger partial charge in [0.2, 0.25) is 0 Å². The van der Waals surface area contributed by atoms with Crippen molar-refractivity contribution in [1.82, 2.24) is 10.2 Å². The van der Waals surface area contributed by atoms with Gasteiger partial charge >= 0.3 is 0 Å². The average molecular weight is 285 g/mol. The van der Waals surface area contributed by atoms with Crippen molar-refractivity contribution < 1.29 is 4.74 Å². The zero-order chi connectivity index (χ0) is 14.1. The van der Waals surface area contributed by atoms with Crippen molar-refractivity contribution in [2.75, 3.05) is 33.9 Å². The average Bonchev–Trinajstić information content (AvgIpc) is 2.41. The molecule has 0 heterocycles. The number of rotatable bonds is 9. The van der Waals surface area contributed by atoms with Gasteiger partial charge in [-0.1, -0.05) is 23.7 Å². The van der Waals surface area contributed by atoms with E-state index in [0.29, 0.717) is 6.04 Å². The SMILES string of the molecule is COCCCNCC(C)N(C)Cc1ccc(Cl)cc1. The lowest BCUT2D eigenvalue weighted by atomic mass is 10.2. The summed E-state index contributed by atoms with van der Waals surface area (Å²) in [4.78, 5) is 2.34. The third-order valence-corrected chi connectivity index (χ3v) is 3.49. The highest BCUT2D eigenvalue weighted by atomic mass is 35.5. The molecule has 0 bridgehead atoms. The van der Waals surface area contributed by atoms with Crippen molar-refractivity contribution in [3.05, 3.63) is 34.9 Å². The summed E-state index contributed by atoms with van der Waals surface area (Å²) in [5, 5.41) is 4.24. The molecule has 0 radical (unpaired) electrons. The molecule has 1 aromatic rings. The third kappa shape index (κ3) is 6.92. The predicted molar refractivity (Wildman–Crippen MR) is 81.7 cm³/mol. The fraction of sp³-hybridized carbons (Fsp3) is 0.600. The number of hydrogen-bond acceptors (Lipinski definition) is 3. The van der Waals surface area contributed by atoms with Crippen LogP contribution in [0.15, 0.2) is 24.3 Å². The minimum absolute atomic E-state index is 0.498. The number of ether oxygens (including phenoxy) is 1. The summed E-state index contributed by atoms with van der Waals surface area (Å²) in [5.74, 6) is 0. The Morgan fingerprint density at radius 1 is 1.32 bits per heavy atom. The Bertz CT molecular complexity index is 343. The van der Waals surface area contributed by atoms with Gasteiger partial charge in [-0.05, 0) is 44.6 Å². The number of hydrogen-bond donors (Lipinski definition) is 1. The van der Waals surface area contributed by atoms with Gasteiger partial charge in [0, 0.05) is 37.9 Å². The molecular formula is C15H25ClN2O. The van der Waals surface area contributed by atoms with E-state index in [2.05, 4.69) is 36.3 Å². The predicted octanol–water partition coefficient (Wildman–Crippen LogP) is 2.79. The number of methoxy groups -OCH3 is 1. The summed E-state index contributed by atoms with van der Waals surface area (Å²) in [7, 11) is 3.89. The molecule has 3 nitrogen and oxygen atoms in total. The molecule has 0 fully saturated rings. The molecule has 0 saturated heterocycles. The summed E-state index contributed by atoms with van der Waals surface area (Å²) >= 11 is 5.89. The van der Waals surface area contributed by atoms with Crippen molar-refractivity contribution in [3.63, 3.8) is 0 Å². The fourth-order valence-corrected chi connectivity index (χ4v) is 1.97. The van der Waals surface area contributed by atoms with Gasteiger partial charge < -0.3 is 10.1 Å². The second-order valence-corrected chi connectivity index (χ2v) is 5.38. The lowest BCUT2D eigenvalue weighted by Gasteiger charge is -2.25. The van der Waals surface area contributed by atoms with Crippen LogP contribution in [-0.2, 0) is 11.3 Å². The van der Waals surface area contributed by atoms with Gasteiger partial charge in [0.25, 0.3) is 0 Å². The van der Waals surface area contributed by atoms with Crippen LogP contribution in [0.3, 0.4) is 0 Å². The van der Waals surface area contributed by atoms with Crippen LogP contribution in [0.2, 0.25) is 5.02 Å². The van der Waals surface area contributed by atoms with Gasteiger partial charge in [0.05, 0.1) is 0 Å². The molecule has 108 valence electrons. The zero-order valence-electron chi connectivity index (χ0n) is 12.2. The summed E-state index contributed by atoms with van der Waals surface area (Å²) in [6.45, 7) is 6.00. The second-order valence-electron chi connectivity index (χ2n) is 4.94. The maximum absolute atomic E-state index is 5.89. The monoisotopic (exact) mass is 284 g/mol. The third-order valence-electron chi connectivity index (χ3n) is 3.24. The number of benzene rings is 1. The Kier molecular flexibility index (Phi) is 8.07. The van der Waals surface area contributed by atoms with E-state index >= 15 is 0 Å².